The zero-order valence-corrected chi connectivity index (χ0v) is 11.4. The molecule has 1 nitrogen and oxygen atoms in total. The molecule has 2 fully saturated rings. The lowest BCUT2D eigenvalue weighted by Gasteiger charge is -2.39. The predicted octanol–water partition coefficient (Wildman–Crippen LogP) is 4.10. The molecule has 98 valence electrons. The number of benzene rings is 1. The predicted molar refractivity (Wildman–Crippen MR) is 76.8 cm³/mol. The van der Waals surface area contributed by atoms with Crippen molar-refractivity contribution < 1.29 is 0 Å². The van der Waals surface area contributed by atoms with Crippen molar-refractivity contribution in [2.45, 2.75) is 63.5 Å². The Labute approximate surface area is 111 Å². The maximum Gasteiger partial charge on any atom is 0.00813 e. The van der Waals surface area contributed by atoms with E-state index in [9.17, 15) is 0 Å². The highest BCUT2D eigenvalue weighted by Crippen LogP contribution is 2.38. The second-order valence-corrected chi connectivity index (χ2v) is 6.28. The maximum absolute atomic E-state index is 3.86. The second kappa shape index (κ2) is 5.44. The third kappa shape index (κ3) is 2.61. The van der Waals surface area contributed by atoms with Crippen LogP contribution in [0.4, 0.5) is 0 Å². The van der Waals surface area contributed by atoms with Crippen LogP contribution in [0.25, 0.3) is 0 Å². The van der Waals surface area contributed by atoms with Crippen LogP contribution in [0.3, 0.4) is 0 Å². The molecule has 1 N–H and O–H groups in total. The Hall–Kier alpha value is -0.820. The summed E-state index contributed by atoms with van der Waals surface area (Å²) >= 11 is 0. The molecule has 2 aliphatic rings. The van der Waals surface area contributed by atoms with Gasteiger partial charge in [0.15, 0.2) is 0 Å². The van der Waals surface area contributed by atoms with Gasteiger partial charge in [-0.1, -0.05) is 43.2 Å². The number of hydrogen-bond donors (Lipinski definition) is 1. The SMILES string of the molecule is C[C@@H](NC1CC(c2ccccc2)C1)C1CCCC1. The Kier molecular flexibility index (Phi) is 3.69. The molecule has 0 spiro atoms. The zero-order valence-electron chi connectivity index (χ0n) is 11.4. The molecule has 0 aromatic heterocycles. The molecule has 0 radical (unpaired) electrons. The monoisotopic (exact) mass is 243 g/mol. The third-order valence-electron chi connectivity index (χ3n) is 5.01. The standard InChI is InChI=1S/C17H25N/c1-13(14-7-5-6-8-14)18-17-11-16(12-17)15-9-3-2-4-10-15/h2-4,9-10,13-14,16-18H,5-8,11-12H2,1H3/t13-,16?,17?/m1/s1. The van der Waals surface area contributed by atoms with Crippen molar-refractivity contribution in [3.8, 4) is 0 Å². The molecule has 2 aliphatic carbocycles. The van der Waals surface area contributed by atoms with E-state index in [2.05, 4.69) is 42.6 Å². The molecule has 18 heavy (non-hydrogen) atoms. The summed E-state index contributed by atoms with van der Waals surface area (Å²) in [5.41, 5.74) is 1.53. The largest absolute Gasteiger partial charge is 0.311 e. The normalized spacial score (nSPS) is 30.1. The lowest BCUT2D eigenvalue weighted by molar-refractivity contribution is 0.239. The van der Waals surface area contributed by atoms with E-state index >= 15 is 0 Å². The number of nitrogens with one attached hydrogen (secondary N) is 1. The van der Waals surface area contributed by atoms with Crippen LogP contribution >= 0.6 is 0 Å². The highest BCUT2D eigenvalue weighted by Gasteiger charge is 2.32. The van der Waals surface area contributed by atoms with Crippen LogP contribution in [0.15, 0.2) is 30.3 Å². The van der Waals surface area contributed by atoms with Gasteiger partial charge < -0.3 is 5.32 Å². The third-order valence-corrected chi connectivity index (χ3v) is 5.01. The Morgan fingerprint density at radius 3 is 2.39 bits per heavy atom. The van der Waals surface area contributed by atoms with Crippen LogP contribution in [0, 0.1) is 5.92 Å². The fourth-order valence-corrected chi connectivity index (χ4v) is 3.72. The summed E-state index contributed by atoms with van der Waals surface area (Å²) in [5, 5.41) is 3.86. The lowest BCUT2D eigenvalue weighted by Crippen LogP contribution is -2.46. The summed E-state index contributed by atoms with van der Waals surface area (Å²) in [6.07, 6.45) is 8.47. The molecule has 0 saturated heterocycles. The molecule has 2 saturated carbocycles. The summed E-state index contributed by atoms with van der Waals surface area (Å²) in [5.74, 6) is 1.75. The van der Waals surface area contributed by atoms with Crippen molar-refractivity contribution >= 4 is 0 Å². The minimum atomic E-state index is 0.731. The highest BCUT2D eigenvalue weighted by molar-refractivity contribution is 5.22. The van der Waals surface area contributed by atoms with E-state index in [1.54, 1.807) is 0 Å². The molecule has 0 heterocycles. The first kappa shape index (κ1) is 12.2. The Bertz CT molecular complexity index is 360. The van der Waals surface area contributed by atoms with Gasteiger partial charge in [0.2, 0.25) is 0 Å². The van der Waals surface area contributed by atoms with Crippen LogP contribution in [0.2, 0.25) is 0 Å². The van der Waals surface area contributed by atoms with Gasteiger partial charge in [0.05, 0.1) is 0 Å². The van der Waals surface area contributed by atoms with Crippen LogP contribution in [0.1, 0.15) is 56.9 Å². The molecule has 1 aromatic carbocycles. The van der Waals surface area contributed by atoms with Crippen LogP contribution in [0.5, 0.6) is 0 Å². The molecule has 3 rings (SSSR count). The van der Waals surface area contributed by atoms with E-state index in [1.165, 1.54) is 44.1 Å². The Morgan fingerprint density at radius 1 is 1.06 bits per heavy atom. The van der Waals surface area contributed by atoms with E-state index in [4.69, 9.17) is 0 Å². The first-order valence-electron chi connectivity index (χ1n) is 7.64. The van der Waals surface area contributed by atoms with E-state index < -0.39 is 0 Å². The van der Waals surface area contributed by atoms with Crippen molar-refractivity contribution in [2.24, 2.45) is 5.92 Å². The van der Waals surface area contributed by atoms with Crippen molar-refractivity contribution in [1.29, 1.82) is 0 Å². The van der Waals surface area contributed by atoms with Crippen molar-refractivity contribution in [1.82, 2.24) is 5.32 Å². The van der Waals surface area contributed by atoms with Crippen LogP contribution in [-0.4, -0.2) is 12.1 Å². The summed E-state index contributed by atoms with van der Waals surface area (Å²) in [4.78, 5) is 0. The van der Waals surface area contributed by atoms with Crippen molar-refractivity contribution in [3.05, 3.63) is 35.9 Å². The molecular weight excluding hydrogens is 218 g/mol. The summed E-state index contributed by atoms with van der Waals surface area (Å²) < 4.78 is 0. The number of hydrogen-bond acceptors (Lipinski definition) is 1. The average molecular weight is 243 g/mol. The van der Waals surface area contributed by atoms with Gasteiger partial charge in [0, 0.05) is 12.1 Å². The minimum absolute atomic E-state index is 0.731. The zero-order chi connectivity index (χ0) is 12.4. The van der Waals surface area contributed by atoms with Gasteiger partial charge >= 0.3 is 0 Å². The Balaban J connectivity index is 1.45. The van der Waals surface area contributed by atoms with Crippen LogP contribution < -0.4 is 5.32 Å². The first-order valence-corrected chi connectivity index (χ1v) is 7.64. The van der Waals surface area contributed by atoms with E-state index in [0.717, 1.165) is 23.9 Å². The molecule has 0 unspecified atom stereocenters. The maximum atomic E-state index is 3.86. The molecule has 0 aliphatic heterocycles. The van der Waals surface area contributed by atoms with Gasteiger partial charge in [0.25, 0.3) is 0 Å². The molecule has 0 amide bonds. The Morgan fingerprint density at radius 2 is 1.72 bits per heavy atom. The lowest BCUT2D eigenvalue weighted by atomic mass is 9.75. The molecule has 1 aromatic rings. The molecule has 0 bridgehead atoms. The van der Waals surface area contributed by atoms with Gasteiger partial charge in [-0.25, -0.2) is 0 Å². The summed E-state index contributed by atoms with van der Waals surface area (Å²) in [6.45, 7) is 2.39. The van der Waals surface area contributed by atoms with Gasteiger partial charge in [-0.2, -0.15) is 0 Å². The van der Waals surface area contributed by atoms with E-state index in [1.807, 2.05) is 0 Å². The van der Waals surface area contributed by atoms with Gasteiger partial charge in [0.1, 0.15) is 0 Å². The molecule has 1 heteroatoms. The summed E-state index contributed by atoms with van der Waals surface area (Å²) in [6, 6.07) is 12.5. The average Bonchev–Trinajstić information content (AvgIpc) is 2.88. The van der Waals surface area contributed by atoms with Gasteiger partial charge in [-0.3, -0.25) is 0 Å². The van der Waals surface area contributed by atoms with E-state index in [-0.39, 0.29) is 0 Å². The quantitative estimate of drug-likeness (QED) is 0.839. The van der Waals surface area contributed by atoms with E-state index in [0.29, 0.717) is 0 Å². The second-order valence-electron chi connectivity index (χ2n) is 6.28. The highest BCUT2D eigenvalue weighted by atomic mass is 15.0. The summed E-state index contributed by atoms with van der Waals surface area (Å²) in [7, 11) is 0. The van der Waals surface area contributed by atoms with Crippen LogP contribution in [-0.2, 0) is 0 Å². The topological polar surface area (TPSA) is 12.0 Å². The fraction of sp³-hybridized carbons (Fsp3) is 0.647. The minimum Gasteiger partial charge on any atom is -0.311 e. The first-order chi connectivity index (χ1) is 8.83. The smallest absolute Gasteiger partial charge is 0.00813 e. The van der Waals surface area contributed by atoms with Crippen molar-refractivity contribution in [3.63, 3.8) is 0 Å². The van der Waals surface area contributed by atoms with Crippen molar-refractivity contribution in [2.75, 3.05) is 0 Å². The molecular formula is C17H25N. The fourth-order valence-electron chi connectivity index (χ4n) is 3.72. The van der Waals surface area contributed by atoms with Gasteiger partial charge in [-0.05, 0) is 50.0 Å². The number of rotatable bonds is 4. The molecule has 1 atom stereocenters. The van der Waals surface area contributed by atoms with Gasteiger partial charge in [-0.15, -0.1) is 0 Å².